The van der Waals surface area contributed by atoms with Gasteiger partial charge in [0.1, 0.15) is 0 Å². The van der Waals surface area contributed by atoms with Gasteiger partial charge in [-0.2, -0.15) is 0 Å². The molecular weight excluding hydrogens is 231 g/mol. The number of halogens is 2. The third-order valence-electron chi connectivity index (χ3n) is 2.19. The Kier molecular flexibility index (Phi) is 3.29. The summed E-state index contributed by atoms with van der Waals surface area (Å²) in [7, 11) is 0. The predicted octanol–water partition coefficient (Wildman–Crippen LogP) is 3.59. The average Bonchev–Trinajstić information content (AvgIpc) is 2.71. The normalized spacial score (nSPS) is 12.7. The highest BCUT2D eigenvalue weighted by Crippen LogP contribution is 2.25. The zero-order chi connectivity index (χ0) is 10.7. The van der Waals surface area contributed by atoms with Gasteiger partial charge in [0.2, 0.25) is 0 Å². The molecule has 0 bridgehead atoms. The van der Waals surface area contributed by atoms with Crippen LogP contribution in [0.25, 0.3) is 0 Å². The van der Waals surface area contributed by atoms with Crippen molar-refractivity contribution in [3.63, 3.8) is 0 Å². The molecule has 0 saturated heterocycles. The number of alkyl halides is 1. The minimum Gasteiger partial charge on any atom is -0.348 e. The fourth-order valence-corrected chi connectivity index (χ4v) is 1.82. The number of aromatic amines is 1. The summed E-state index contributed by atoms with van der Waals surface area (Å²) in [5, 5.41) is 0.673. The third-order valence-corrected chi connectivity index (χ3v) is 2.84. The molecule has 0 aliphatic rings. The van der Waals surface area contributed by atoms with Crippen LogP contribution < -0.4 is 0 Å². The monoisotopic (exact) mass is 240 g/mol. The number of nitrogens with zero attached hydrogens (tertiary/aromatic N) is 1. The number of rotatable bonds is 3. The van der Waals surface area contributed by atoms with Crippen LogP contribution in [0.1, 0.15) is 16.6 Å². The van der Waals surface area contributed by atoms with Crippen LogP contribution in [0, 0.1) is 0 Å². The molecule has 1 atom stereocenters. The Morgan fingerprint density at radius 1 is 1.27 bits per heavy atom. The van der Waals surface area contributed by atoms with Crippen LogP contribution >= 0.6 is 23.2 Å². The lowest BCUT2D eigenvalue weighted by Gasteiger charge is -2.08. The molecule has 0 spiro atoms. The summed E-state index contributed by atoms with van der Waals surface area (Å²) in [6.07, 6.45) is 4.18. The fourth-order valence-electron chi connectivity index (χ4n) is 1.38. The van der Waals surface area contributed by atoms with Gasteiger partial charge in [0.05, 0.1) is 11.7 Å². The molecular formula is C11H10Cl2N2. The number of hydrogen-bond donors (Lipinski definition) is 1. The van der Waals surface area contributed by atoms with E-state index in [1.165, 1.54) is 0 Å². The Bertz CT molecular complexity index is 409. The van der Waals surface area contributed by atoms with Crippen molar-refractivity contribution in [3.8, 4) is 0 Å². The number of nitrogens with one attached hydrogen (secondary N) is 1. The summed E-state index contributed by atoms with van der Waals surface area (Å²) in [5.74, 6) is 0. The molecule has 15 heavy (non-hydrogen) atoms. The molecule has 0 aliphatic heterocycles. The molecule has 1 unspecified atom stereocenters. The number of benzene rings is 1. The number of aromatic nitrogens is 2. The van der Waals surface area contributed by atoms with Gasteiger partial charge in [-0.25, -0.2) is 4.98 Å². The second-order valence-electron chi connectivity index (χ2n) is 3.30. The zero-order valence-corrected chi connectivity index (χ0v) is 9.46. The average molecular weight is 241 g/mol. The van der Waals surface area contributed by atoms with Gasteiger partial charge in [-0.3, -0.25) is 0 Å². The van der Waals surface area contributed by atoms with Gasteiger partial charge in [0.15, 0.2) is 0 Å². The van der Waals surface area contributed by atoms with E-state index in [2.05, 4.69) is 9.97 Å². The maximum absolute atomic E-state index is 6.26. The first-order chi connectivity index (χ1) is 7.25. The summed E-state index contributed by atoms with van der Waals surface area (Å²) in [5.41, 5.74) is 2.10. The van der Waals surface area contributed by atoms with E-state index >= 15 is 0 Å². The number of imidazole rings is 1. The van der Waals surface area contributed by atoms with Gasteiger partial charge in [0, 0.05) is 23.3 Å². The summed E-state index contributed by atoms with van der Waals surface area (Å²) < 4.78 is 0. The van der Waals surface area contributed by atoms with Gasteiger partial charge in [-0.1, -0.05) is 23.7 Å². The molecule has 2 nitrogen and oxygen atoms in total. The largest absolute Gasteiger partial charge is 0.348 e. The summed E-state index contributed by atoms with van der Waals surface area (Å²) in [6.45, 7) is 0. The molecule has 2 aromatic rings. The summed E-state index contributed by atoms with van der Waals surface area (Å²) >= 11 is 12.1. The van der Waals surface area contributed by atoms with Gasteiger partial charge in [0.25, 0.3) is 0 Å². The second-order valence-corrected chi connectivity index (χ2v) is 4.26. The molecule has 78 valence electrons. The topological polar surface area (TPSA) is 28.7 Å². The predicted molar refractivity (Wildman–Crippen MR) is 62.3 cm³/mol. The molecule has 1 aromatic carbocycles. The van der Waals surface area contributed by atoms with Gasteiger partial charge in [-0.15, -0.1) is 11.6 Å². The first-order valence-electron chi connectivity index (χ1n) is 4.62. The first-order valence-corrected chi connectivity index (χ1v) is 5.44. The lowest BCUT2D eigenvalue weighted by molar-refractivity contribution is 0.890. The van der Waals surface area contributed by atoms with Gasteiger partial charge in [-0.05, 0) is 17.7 Å². The molecule has 0 radical (unpaired) electrons. The Labute approximate surface area is 98.3 Å². The van der Waals surface area contributed by atoms with Crippen LogP contribution in [0.5, 0.6) is 0 Å². The Balaban J connectivity index is 2.08. The minimum absolute atomic E-state index is 0.0530. The van der Waals surface area contributed by atoms with Crippen molar-refractivity contribution in [2.45, 2.75) is 11.8 Å². The third kappa shape index (κ3) is 2.74. The molecule has 0 amide bonds. The SMILES string of the molecule is Clc1ccc(C(Cl)Cc2cnc[nH]2)cc1. The quantitative estimate of drug-likeness (QED) is 0.817. The minimum atomic E-state index is -0.0530. The Hall–Kier alpha value is -0.990. The molecule has 1 heterocycles. The Morgan fingerprint density at radius 3 is 2.60 bits per heavy atom. The van der Waals surface area contributed by atoms with Crippen molar-refractivity contribution in [2.75, 3.05) is 0 Å². The van der Waals surface area contributed by atoms with Crippen molar-refractivity contribution in [1.82, 2.24) is 9.97 Å². The van der Waals surface area contributed by atoms with Crippen molar-refractivity contribution in [2.24, 2.45) is 0 Å². The van der Waals surface area contributed by atoms with Crippen LogP contribution in [-0.4, -0.2) is 9.97 Å². The standard InChI is InChI=1S/C11H10Cl2N2/c12-9-3-1-8(2-4-9)11(13)5-10-6-14-7-15-10/h1-4,6-7,11H,5H2,(H,14,15). The van der Waals surface area contributed by atoms with E-state index in [-0.39, 0.29) is 5.38 Å². The van der Waals surface area contributed by atoms with Crippen LogP contribution in [0.2, 0.25) is 5.02 Å². The first kappa shape index (κ1) is 10.5. The highest BCUT2D eigenvalue weighted by atomic mass is 35.5. The second kappa shape index (κ2) is 4.69. The highest BCUT2D eigenvalue weighted by molar-refractivity contribution is 6.30. The van der Waals surface area contributed by atoms with E-state index in [1.807, 2.05) is 24.3 Å². The van der Waals surface area contributed by atoms with Gasteiger partial charge >= 0.3 is 0 Å². The molecule has 1 N–H and O–H groups in total. The number of H-pyrrole nitrogens is 1. The van der Waals surface area contributed by atoms with E-state index in [9.17, 15) is 0 Å². The summed E-state index contributed by atoms with van der Waals surface area (Å²) in [6, 6.07) is 7.57. The lowest BCUT2D eigenvalue weighted by Crippen LogP contribution is -1.95. The van der Waals surface area contributed by atoms with Crippen molar-refractivity contribution < 1.29 is 0 Å². The molecule has 1 aromatic heterocycles. The molecule has 0 fully saturated rings. The molecule has 0 aliphatic carbocycles. The van der Waals surface area contributed by atoms with Crippen molar-refractivity contribution in [3.05, 3.63) is 53.1 Å². The van der Waals surface area contributed by atoms with Crippen LogP contribution in [0.15, 0.2) is 36.8 Å². The maximum atomic E-state index is 6.26. The number of hydrogen-bond acceptors (Lipinski definition) is 1. The van der Waals surface area contributed by atoms with E-state index < -0.39 is 0 Å². The van der Waals surface area contributed by atoms with Gasteiger partial charge < -0.3 is 4.98 Å². The van der Waals surface area contributed by atoms with Crippen molar-refractivity contribution >= 4 is 23.2 Å². The van der Waals surface area contributed by atoms with E-state index in [4.69, 9.17) is 23.2 Å². The smallest absolute Gasteiger partial charge is 0.0921 e. The van der Waals surface area contributed by atoms with Crippen LogP contribution in [0.3, 0.4) is 0 Å². The summed E-state index contributed by atoms with van der Waals surface area (Å²) in [4.78, 5) is 6.98. The van der Waals surface area contributed by atoms with Crippen LogP contribution in [0.4, 0.5) is 0 Å². The maximum Gasteiger partial charge on any atom is 0.0921 e. The molecule has 2 rings (SSSR count). The fraction of sp³-hybridized carbons (Fsp3) is 0.182. The Morgan fingerprint density at radius 2 is 2.00 bits per heavy atom. The highest BCUT2D eigenvalue weighted by Gasteiger charge is 2.09. The van der Waals surface area contributed by atoms with Crippen molar-refractivity contribution in [1.29, 1.82) is 0 Å². The van der Waals surface area contributed by atoms with E-state index in [0.29, 0.717) is 0 Å². The molecule has 4 heteroatoms. The van der Waals surface area contributed by atoms with E-state index in [1.54, 1.807) is 12.5 Å². The zero-order valence-electron chi connectivity index (χ0n) is 7.95. The lowest BCUT2D eigenvalue weighted by atomic mass is 10.1. The van der Waals surface area contributed by atoms with Crippen LogP contribution in [-0.2, 0) is 6.42 Å². The molecule has 0 saturated carbocycles. The van der Waals surface area contributed by atoms with E-state index in [0.717, 1.165) is 22.7 Å².